The van der Waals surface area contributed by atoms with Crippen molar-refractivity contribution in [1.29, 1.82) is 0 Å². The second-order valence-electron chi connectivity index (χ2n) is 5.71. The van der Waals surface area contributed by atoms with E-state index in [0.29, 0.717) is 16.2 Å². The van der Waals surface area contributed by atoms with Crippen molar-refractivity contribution >= 4 is 38.6 Å². The Bertz CT molecular complexity index is 1080. The molecule has 5 nitrogen and oxygen atoms in total. The van der Waals surface area contributed by atoms with Gasteiger partial charge in [-0.05, 0) is 64.8 Å². The number of para-hydroxylation sites is 1. The molecular weight excluding hydrogens is 382 g/mol. The zero-order valence-corrected chi connectivity index (χ0v) is 14.9. The summed E-state index contributed by atoms with van der Waals surface area (Å²) in [7, 11) is 0. The summed E-state index contributed by atoms with van der Waals surface area (Å²) in [6, 6.07) is 16.9. The highest BCUT2D eigenvalue weighted by molar-refractivity contribution is 9.10. The number of hydrogen-bond acceptors (Lipinski definition) is 3. The van der Waals surface area contributed by atoms with Gasteiger partial charge in [0.1, 0.15) is 5.82 Å². The number of carbonyl (C=O) groups excluding carboxylic acids is 1. The largest absolute Gasteiger partial charge is 0.444 e. The maximum Gasteiger partial charge on any atom is 0.291 e. The van der Waals surface area contributed by atoms with Crippen molar-refractivity contribution in [2.45, 2.75) is 6.92 Å². The van der Waals surface area contributed by atoms with Crippen LogP contribution in [0, 0.1) is 6.92 Å². The molecule has 0 atom stereocenters. The van der Waals surface area contributed by atoms with Crippen molar-refractivity contribution in [2.75, 3.05) is 5.32 Å². The number of aromatic amines is 1. The number of aryl methyl sites for hydroxylation is 1. The van der Waals surface area contributed by atoms with Crippen LogP contribution in [0.15, 0.2) is 63.7 Å². The Balaban J connectivity index is 1.71. The van der Waals surface area contributed by atoms with Crippen LogP contribution in [-0.2, 0) is 0 Å². The highest BCUT2D eigenvalue weighted by atomic mass is 79.9. The van der Waals surface area contributed by atoms with E-state index < -0.39 is 0 Å². The number of anilines is 1. The van der Waals surface area contributed by atoms with E-state index in [1.54, 1.807) is 12.1 Å². The molecule has 2 heterocycles. The SMILES string of the molecule is Cc1ccc2nc(-c3ccccc3NC(=O)c3ccc(Br)o3)[nH]c2c1. The summed E-state index contributed by atoms with van der Waals surface area (Å²) in [5.41, 5.74) is 4.49. The Kier molecular flexibility index (Phi) is 3.89. The zero-order chi connectivity index (χ0) is 17.4. The topological polar surface area (TPSA) is 70.9 Å². The fourth-order valence-electron chi connectivity index (χ4n) is 2.67. The summed E-state index contributed by atoms with van der Waals surface area (Å²) in [6.07, 6.45) is 0. The molecule has 4 rings (SSSR count). The van der Waals surface area contributed by atoms with Crippen LogP contribution in [0.2, 0.25) is 0 Å². The van der Waals surface area contributed by atoms with Crippen molar-refractivity contribution in [2.24, 2.45) is 0 Å². The molecule has 0 fully saturated rings. The molecule has 2 aromatic heterocycles. The lowest BCUT2D eigenvalue weighted by atomic mass is 10.1. The maximum absolute atomic E-state index is 12.4. The summed E-state index contributed by atoms with van der Waals surface area (Å²) in [5.74, 6) is 0.629. The van der Waals surface area contributed by atoms with E-state index in [1.807, 2.05) is 49.4 Å². The number of rotatable bonds is 3. The van der Waals surface area contributed by atoms with Crippen LogP contribution in [0.4, 0.5) is 5.69 Å². The molecule has 0 bridgehead atoms. The van der Waals surface area contributed by atoms with Crippen LogP contribution in [0.25, 0.3) is 22.4 Å². The molecule has 0 aliphatic heterocycles. The summed E-state index contributed by atoms with van der Waals surface area (Å²) < 4.78 is 5.82. The van der Waals surface area contributed by atoms with E-state index in [9.17, 15) is 4.79 Å². The first-order valence-corrected chi connectivity index (χ1v) is 8.52. The number of H-pyrrole nitrogens is 1. The van der Waals surface area contributed by atoms with Gasteiger partial charge in [-0.1, -0.05) is 18.2 Å². The molecule has 25 heavy (non-hydrogen) atoms. The molecule has 124 valence electrons. The highest BCUT2D eigenvalue weighted by Gasteiger charge is 2.15. The average molecular weight is 396 g/mol. The van der Waals surface area contributed by atoms with Crippen LogP contribution >= 0.6 is 15.9 Å². The lowest BCUT2D eigenvalue weighted by molar-refractivity contribution is 0.0995. The fraction of sp³-hybridized carbons (Fsp3) is 0.0526. The average Bonchev–Trinajstić information content (AvgIpc) is 3.21. The Hall–Kier alpha value is -2.86. The van der Waals surface area contributed by atoms with Crippen LogP contribution in [0.3, 0.4) is 0 Å². The highest BCUT2D eigenvalue weighted by Crippen LogP contribution is 2.28. The Morgan fingerprint density at radius 2 is 2.00 bits per heavy atom. The number of furan rings is 1. The minimum absolute atomic E-state index is 0.238. The molecule has 4 aromatic rings. The number of benzene rings is 2. The number of nitrogens with zero attached hydrogens (tertiary/aromatic N) is 1. The van der Waals surface area contributed by atoms with Crippen LogP contribution in [-0.4, -0.2) is 15.9 Å². The smallest absolute Gasteiger partial charge is 0.291 e. The second kappa shape index (κ2) is 6.22. The van der Waals surface area contributed by atoms with E-state index >= 15 is 0 Å². The Morgan fingerprint density at radius 3 is 2.80 bits per heavy atom. The van der Waals surface area contributed by atoms with Gasteiger partial charge >= 0.3 is 0 Å². The molecule has 2 N–H and O–H groups in total. The van der Waals surface area contributed by atoms with Crippen LogP contribution in [0.1, 0.15) is 16.1 Å². The number of aromatic nitrogens is 2. The first kappa shape index (κ1) is 15.7. The second-order valence-corrected chi connectivity index (χ2v) is 6.49. The predicted octanol–water partition coefficient (Wildman–Crippen LogP) is 5.15. The van der Waals surface area contributed by atoms with Gasteiger partial charge < -0.3 is 14.7 Å². The Labute approximate surface area is 152 Å². The third-order valence-electron chi connectivity index (χ3n) is 3.86. The van der Waals surface area contributed by atoms with E-state index in [4.69, 9.17) is 4.42 Å². The van der Waals surface area contributed by atoms with Gasteiger partial charge in [0.25, 0.3) is 5.91 Å². The molecule has 0 unspecified atom stereocenters. The van der Waals surface area contributed by atoms with Gasteiger partial charge in [-0.25, -0.2) is 4.98 Å². The summed E-state index contributed by atoms with van der Waals surface area (Å²) in [4.78, 5) is 20.3. The maximum atomic E-state index is 12.4. The molecule has 6 heteroatoms. The minimum atomic E-state index is -0.315. The van der Waals surface area contributed by atoms with Crippen molar-refractivity contribution in [3.05, 3.63) is 70.6 Å². The van der Waals surface area contributed by atoms with Crippen molar-refractivity contribution in [3.63, 3.8) is 0 Å². The number of hydrogen-bond donors (Lipinski definition) is 2. The molecule has 0 aliphatic rings. The first-order valence-electron chi connectivity index (χ1n) is 7.72. The number of amides is 1. The molecule has 0 saturated heterocycles. The van der Waals surface area contributed by atoms with E-state index in [-0.39, 0.29) is 11.7 Å². The van der Waals surface area contributed by atoms with Crippen LogP contribution in [0.5, 0.6) is 0 Å². The number of halogens is 1. The molecule has 0 radical (unpaired) electrons. The quantitative estimate of drug-likeness (QED) is 0.503. The number of imidazole rings is 1. The zero-order valence-electron chi connectivity index (χ0n) is 13.3. The lowest BCUT2D eigenvalue weighted by Gasteiger charge is -2.08. The third-order valence-corrected chi connectivity index (χ3v) is 4.29. The van der Waals surface area contributed by atoms with Crippen molar-refractivity contribution < 1.29 is 9.21 Å². The summed E-state index contributed by atoms with van der Waals surface area (Å²) >= 11 is 3.20. The van der Waals surface area contributed by atoms with E-state index in [1.165, 1.54) is 0 Å². The lowest BCUT2D eigenvalue weighted by Crippen LogP contribution is -2.11. The van der Waals surface area contributed by atoms with Gasteiger partial charge in [-0.2, -0.15) is 0 Å². The normalized spacial score (nSPS) is 11.0. The Morgan fingerprint density at radius 1 is 1.16 bits per heavy atom. The number of carbonyl (C=O) groups is 1. The molecule has 0 saturated carbocycles. The number of fused-ring (bicyclic) bond motifs is 1. The number of nitrogens with one attached hydrogen (secondary N) is 2. The minimum Gasteiger partial charge on any atom is -0.444 e. The summed E-state index contributed by atoms with van der Waals surface area (Å²) in [5, 5.41) is 2.88. The molecule has 0 aliphatic carbocycles. The van der Waals surface area contributed by atoms with E-state index in [0.717, 1.165) is 22.2 Å². The first-order chi connectivity index (χ1) is 12.1. The van der Waals surface area contributed by atoms with Crippen molar-refractivity contribution in [1.82, 2.24) is 9.97 Å². The van der Waals surface area contributed by atoms with Gasteiger partial charge in [-0.15, -0.1) is 0 Å². The van der Waals surface area contributed by atoms with Crippen LogP contribution < -0.4 is 5.32 Å². The molecule has 2 aromatic carbocycles. The van der Waals surface area contributed by atoms with Gasteiger partial charge in [0, 0.05) is 5.56 Å². The van der Waals surface area contributed by atoms with Gasteiger partial charge in [0.05, 0.1) is 16.7 Å². The van der Waals surface area contributed by atoms with Gasteiger partial charge in [0.15, 0.2) is 10.4 Å². The molecular formula is C19H14BrN3O2. The summed E-state index contributed by atoms with van der Waals surface area (Å²) in [6.45, 7) is 2.04. The van der Waals surface area contributed by atoms with Gasteiger partial charge in [0.2, 0.25) is 0 Å². The molecule has 1 amide bonds. The van der Waals surface area contributed by atoms with E-state index in [2.05, 4.69) is 31.2 Å². The predicted molar refractivity (Wildman–Crippen MR) is 101 cm³/mol. The van der Waals surface area contributed by atoms with Crippen molar-refractivity contribution in [3.8, 4) is 11.4 Å². The molecule has 0 spiro atoms. The van der Waals surface area contributed by atoms with Gasteiger partial charge in [-0.3, -0.25) is 4.79 Å². The standard InChI is InChI=1S/C19H14BrN3O2/c1-11-6-7-14-15(10-11)22-18(21-14)12-4-2-3-5-13(12)23-19(24)16-8-9-17(20)25-16/h2-10H,1H3,(H,21,22)(H,23,24). The monoisotopic (exact) mass is 395 g/mol. The fourth-order valence-corrected chi connectivity index (χ4v) is 2.98. The third kappa shape index (κ3) is 3.08.